The summed E-state index contributed by atoms with van der Waals surface area (Å²) < 4.78 is 1.79. The van der Waals surface area contributed by atoms with Crippen molar-refractivity contribution in [2.75, 3.05) is 11.1 Å². The number of aryl methyl sites for hydroxylation is 2. The van der Waals surface area contributed by atoms with Crippen LogP contribution in [0.4, 0.5) is 5.82 Å². The molecule has 0 aliphatic heterocycles. The van der Waals surface area contributed by atoms with E-state index in [1.54, 1.807) is 16.9 Å². The lowest BCUT2D eigenvalue weighted by Gasteiger charge is -2.19. The van der Waals surface area contributed by atoms with Gasteiger partial charge >= 0.3 is 0 Å². The molecule has 1 aromatic carbocycles. The van der Waals surface area contributed by atoms with Gasteiger partial charge in [0.1, 0.15) is 5.82 Å². The van der Waals surface area contributed by atoms with Gasteiger partial charge in [-0.2, -0.15) is 5.10 Å². The van der Waals surface area contributed by atoms with Crippen LogP contribution in [0.25, 0.3) is 0 Å². The van der Waals surface area contributed by atoms with E-state index in [2.05, 4.69) is 65.4 Å². The molecule has 29 heavy (non-hydrogen) atoms. The zero-order chi connectivity index (χ0) is 21.0. The lowest BCUT2D eigenvalue weighted by molar-refractivity contribution is -0.113. The molecule has 0 saturated heterocycles. The molecule has 0 aliphatic carbocycles. The van der Waals surface area contributed by atoms with Crippen molar-refractivity contribution in [2.45, 2.75) is 51.7 Å². The highest BCUT2D eigenvalue weighted by molar-refractivity contribution is 7.99. The quantitative estimate of drug-likeness (QED) is 0.483. The predicted octanol–water partition coefficient (Wildman–Crippen LogP) is 4.37. The fourth-order valence-electron chi connectivity index (χ4n) is 2.92. The van der Waals surface area contributed by atoms with Crippen LogP contribution in [0.3, 0.4) is 0 Å². The standard InChI is InChI=1S/C22H27N5OS/c1-15-12-16(2)25-21(24-15)29-14-20(28)26-19-10-11-23-27(19)13-17-6-8-18(9-7-17)22(3,4)5/h6-12H,13-14H2,1-5H3,(H,26,28). The molecule has 0 saturated carbocycles. The number of aromatic nitrogens is 4. The van der Waals surface area contributed by atoms with E-state index in [1.165, 1.54) is 17.3 Å². The van der Waals surface area contributed by atoms with Gasteiger partial charge < -0.3 is 5.32 Å². The molecular formula is C22H27N5OS. The maximum Gasteiger partial charge on any atom is 0.235 e. The number of hydrogen-bond acceptors (Lipinski definition) is 5. The predicted molar refractivity (Wildman–Crippen MR) is 117 cm³/mol. The first-order valence-corrected chi connectivity index (χ1v) is 10.6. The summed E-state index contributed by atoms with van der Waals surface area (Å²) >= 11 is 1.33. The van der Waals surface area contributed by atoms with Gasteiger partial charge in [0.25, 0.3) is 0 Å². The van der Waals surface area contributed by atoms with Gasteiger partial charge in [0.05, 0.1) is 18.5 Å². The first kappa shape index (κ1) is 21.0. The van der Waals surface area contributed by atoms with Crippen molar-refractivity contribution in [3.05, 3.63) is 65.1 Å². The van der Waals surface area contributed by atoms with Gasteiger partial charge in [0, 0.05) is 17.5 Å². The van der Waals surface area contributed by atoms with Crippen molar-refractivity contribution in [1.82, 2.24) is 19.7 Å². The zero-order valence-corrected chi connectivity index (χ0v) is 18.4. The van der Waals surface area contributed by atoms with Crippen molar-refractivity contribution in [1.29, 1.82) is 0 Å². The lowest BCUT2D eigenvalue weighted by Crippen LogP contribution is -2.18. The molecule has 0 fully saturated rings. The highest BCUT2D eigenvalue weighted by Gasteiger charge is 2.14. The Hall–Kier alpha value is -2.67. The van der Waals surface area contributed by atoms with Gasteiger partial charge in [-0.25, -0.2) is 14.6 Å². The first-order chi connectivity index (χ1) is 13.7. The second kappa shape index (κ2) is 8.78. The summed E-state index contributed by atoms with van der Waals surface area (Å²) in [7, 11) is 0. The van der Waals surface area contributed by atoms with Crippen molar-refractivity contribution >= 4 is 23.5 Å². The summed E-state index contributed by atoms with van der Waals surface area (Å²) in [5.74, 6) is 0.813. The number of benzene rings is 1. The Morgan fingerprint density at radius 2 is 1.72 bits per heavy atom. The van der Waals surface area contributed by atoms with Gasteiger partial charge in [-0.15, -0.1) is 0 Å². The largest absolute Gasteiger partial charge is 0.310 e. The summed E-state index contributed by atoms with van der Waals surface area (Å²) in [6.45, 7) is 11.0. The number of carbonyl (C=O) groups is 1. The van der Waals surface area contributed by atoms with Crippen molar-refractivity contribution in [2.24, 2.45) is 0 Å². The molecule has 2 heterocycles. The molecule has 0 spiro atoms. The van der Waals surface area contributed by atoms with Gasteiger partial charge in [-0.3, -0.25) is 4.79 Å². The Bertz CT molecular complexity index is 969. The van der Waals surface area contributed by atoms with E-state index in [4.69, 9.17) is 0 Å². The molecule has 0 radical (unpaired) electrons. The molecule has 0 unspecified atom stereocenters. The van der Waals surface area contributed by atoms with E-state index in [9.17, 15) is 4.79 Å². The normalized spacial score (nSPS) is 11.5. The fourth-order valence-corrected chi connectivity index (χ4v) is 3.66. The molecule has 3 rings (SSSR count). The van der Waals surface area contributed by atoms with Crippen molar-refractivity contribution in [3.8, 4) is 0 Å². The van der Waals surface area contributed by atoms with E-state index in [0.717, 1.165) is 17.0 Å². The fraction of sp³-hybridized carbons (Fsp3) is 0.364. The molecular weight excluding hydrogens is 382 g/mol. The smallest absolute Gasteiger partial charge is 0.235 e. The minimum absolute atomic E-state index is 0.109. The van der Waals surface area contributed by atoms with Crippen LogP contribution >= 0.6 is 11.8 Å². The average Bonchev–Trinajstić information content (AvgIpc) is 3.05. The van der Waals surface area contributed by atoms with Crippen LogP contribution in [0.5, 0.6) is 0 Å². The number of rotatable bonds is 6. The van der Waals surface area contributed by atoms with Crippen molar-refractivity contribution in [3.63, 3.8) is 0 Å². The monoisotopic (exact) mass is 409 g/mol. The van der Waals surface area contributed by atoms with Gasteiger partial charge in [-0.1, -0.05) is 56.8 Å². The van der Waals surface area contributed by atoms with Crippen LogP contribution in [-0.2, 0) is 16.8 Å². The van der Waals surface area contributed by atoms with Crippen LogP contribution in [0.15, 0.2) is 47.8 Å². The third kappa shape index (κ3) is 5.90. The van der Waals surface area contributed by atoms with Crippen LogP contribution < -0.4 is 5.32 Å². The Morgan fingerprint density at radius 3 is 2.34 bits per heavy atom. The molecule has 3 aromatic rings. The third-order valence-electron chi connectivity index (χ3n) is 4.43. The maximum atomic E-state index is 12.4. The molecule has 1 N–H and O–H groups in total. The average molecular weight is 410 g/mol. The van der Waals surface area contributed by atoms with Gasteiger partial charge in [-0.05, 0) is 36.5 Å². The van der Waals surface area contributed by atoms with E-state index >= 15 is 0 Å². The Morgan fingerprint density at radius 1 is 1.07 bits per heavy atom. The summed E-state index contributed by atoms with van der Waals surface area (Å²) in [6.07, 6.45) is 1.69. The van der Waals surface area contributed by atoms with E-state index in [0.29, 0.717) is 17.5 Å². The molecule has 6 nitrogen and oxygen atoms in total. The molecule has 2 aromatic heterocycles. The summed E-state index contributed by atoms with van der Waals surface area (Å²) in [6, 6.07) is 12.2. The number of nitrogens with one attached hydrogen (secondary N) is 1. The topological polar surface area (TPSA) is 72.7 Å². The number of anilines is 1. The summed E-state index contributed by atoms with van der Waals surface area (Å²) in [5.41, 5.74) is 4.35. The molecule has 1 amide bonds. The molecule has 7 heteroatoms. The van der Waals surface area contributed by atoms with Crippen LogP contribution in [-0.4, -0.2) is 31.4 Å². The molecule has 152 valence electrons. The SMILES string of the molecule is Cc1cc(C)nc(SCC(=O)Nc2ccnn2Cc2ccc(C(C)(C)C)cc2)n1. The van der Waals surface area contributed by atoms with E-state index < -0.39 is 0 Å². The van der Waals surface area contributed by atoms with Crippen molar-refractivity contribution < 1.29 is 4.79 Å². The Kier molecular flexibility index (Phi) is 6.37. The number of nitrogens with zero attached hydrogens (tertiary/aromatic N) is 4. The lowest BCUT2D eigenvalue weighted by atomic mass is 9.87. The van der Waals surface area contributed by atoms with E-state index in [-0.39, 0.29) is 17.1 Å². The Balaban J connectivity index is 1.60. The number of hydrogen-bond donors (Lipinski definition) is 1. The zero-order valence-electron chi connectivity index (χ0n) is 17.6. The number of carbonyl (C=O) groups excluding carboxylic acids is 1. The molecule has 0 aliphatic rings. The minimum atomic E-state index is -0.109. The second-order valence-corrected chi connectivity index (χ2v) is 9.03. The first-order valence-electron chi connectivity index (χ1n) is 9.57. The molecule has 0 bridgehead atoms. The number of thioether (sulfide) groups is 1. The number of amides is 1. The summed E-state index contributed by atoms with van der Waals surface area (Å²) in [4.78, 5) is 21.1. The molecule has 0 atom stereocenters. The van der Waals surface area contributed by atoms with Crippen LogP contribution in [0.1, 0.15) is 43.3 Å². The maximum absolute atomic E-state index is 12.4. The van der Waals surface area contributed by atoms with Gasteiger partial charge in [0.2, 0.25) is 5.91 Å². The second-order valence-electron chi connectivity index (χ2n) is 8.09. The Labute approximate surface area is 176 Å². The summed E-state index contributed by atoms with van der Waals surface area (Å²) in [5, 5.41) is 7.89. The third-order valence-corrected chi connectivity index (χ3v) is 5.28. The van der Waals surface area contributed by atoms with Gasteiger partial charge in [0.15, 0.2) is 5.16 Å². The van der Waals surface area contributed by atoms with E-state index in [1.807, 2.05) is 19.9 Å². The highest BCUT2D eigenvalue weighted by atomic mass is 32.2. The highest BCUT2D eigenvalue weighted by Crippen LogP contribution is 2.23. The minimum Gasteiger partial charge on any atom is -0.310 e. The van der Waals surface area contributed by atoms with Crippen LogP contribution in [0, 0.1) is 13.8 Å². The van der Waals surface area contributed by atoms with Crippen LogP contribution in [0.2, 0.25) is 0 Å².